The molecule has 0 heterocycles. The molecule has 1 aromatic carbocycles. The van der Waals surface area contributed by atoms with E-state index >= 15 is 0 Å². The Kier molecular flexibility index (Phi) is 6.69. The second kappa shape index (κ2) is 8.28. The SMILES string of the molecule is CC(C)CNCC1CCCCC1Cc1cc(Br)ccc1F. The Morgan fingerprint density at radius 3 is 2.67 bits per heavy atom. The molecule has 1 N–H and O–H groups in total. The second-order valence-electron chi connectivity index (χ2n) is 6.80. The molecule has 0 amide bonds. The van der Waals surface area contributed by atoms with E-state index in [4.69, 9.17) is 0 Å². The Morgan fingerprint density at radius 1 is 1.24 bits per heavy atom. The van der Waals surface area contributed by atoms with E-state index in [-0.39, 0.29) is 5.82 Å². The fourth-order valence-electron chi connectivity index (χ4n) is 3.36. The van der Waals surface area contributed by atoms with Gasteiger partial charge in [0.25, 0.3) is 0 Å². The minimum Gasteiger partial charge on any atom is -0.316 e. The average molecular weight is 356 g/mol. The molecule has 3 heteroatoms. The topological polar surface area (TPSA) is 12.0 Å². The Bertz CT molecular complexity index is 447. The molecule has 2 atom stereocenters. The predicted molar refractivity (Wildman–Crippen MR) is 91.0 cm³/mol. The molecule has 2 unspecified atom stereocenters. The maximum Gasteiger partial charge on any atom is 0.126 e. The summed E-state index contributed by atoms with van der Waals surface area (Å²) < 4.78 is 14.9. The molecule has 1 nitrogen and oxygen atoms in total. The van der Waals surface area contributed by atoms with Crippen molar-refractivity contribution >= 4 is 15.9 Å². The van der Waals surface area contributed by atoms with Gasteiger partial charge in [0.05, 0.1) is 0 Å². The van der Waals surface area contributed by atoms with Gasteiger partial charge in [0.2, 0.25) is 0 Å². The standard InChI is InChI=1S/C18H27BrFN/c1-13(2)11-21-12-15-6-4-3-5-14(15)9-16-10-17(19)7-8-18(16)20/h7-8,10,13-15,21H,3-6,9,11-12H2,1-2H3. The largest absolute Gasteiger partial charge is 0.316 e. The predicted octanol–water partition coefficient (Wildman–Crippen LogP) is 5.18. The average Bonchev–Trinajstić information content (AvgIpc) is 2.44. The first kappa shape index (κ1) is 17.0. The highest BCUT2D eigenvalue weighted by Crippen LogP contribution is 2.33. The van der Waals surface area contributed by atoms with E-state index in [9.17, 15) is 4.39 Å². The van der Waals surface area contributed by atoms with Gasteiger partial charge in [0, 0.05) is 4.47 Å². The molecule has 1 aliphatic rings. The Balaban J connectivity index is 1.96. The van der Waals surface area contributed by atoms with E-state index in [1.54, 1.807) is 12.1 Å². The molecular weight excluding hydrogens is 329 g/mol. The van der Waals surface area contributed by atoms with Gasteiger partial charge in [0.15, 0.2) is 0 Å². The van der Waals surface area contributed by atoms with Crippen LogP contribution in [0.2, 0.25) is 0 Å². The third-order valence-electron chi connectivity index (χ3n) is 4.52. The van der Waals surface area contributed by atoms with Gasteiger partial charge in [0.1, 0.15) is 5.82 Å². The fraction of sp³-hybridized carbons (Fsp3) is 0.667. The zero-order valence-electron chi connectivity index (χ0n) is 13.2. The van der Waals surface area contributed by atoms with Gasteiger partial charge < -0.3 is 5.32 Å². The minimum absolute atomic E-state index is 0.0577. The lowest BCUT2D eigenvalue weighted by Gasteiger charge is -2.32. The molecule has 1 aromatic rings. The third kappa shape index (κ3) is 5.37. The quantitative estimate of drug-likeness (QED) is 0.740. The van der Waals surface area contributed by atoms with Crippen LogP contribution in [0, 0.1) is 23.6 Å². The van der Waals surface area contributed by atoms with Crippen molar-refractivity contribution in [3.63, 3.8) is 0 Å². The van der Waals surface area contributed by atoms with Crippen LogP contribution >= 0.6 is 15.9 Å². The van der Waals surface area contributed by atoms with Gasteiger partial charge in [-0.1, -0.05) is 42.6 Å². The molecule has 1 saturated carbocycles. The molecule has 2 rings (SSSR count). The molecule has 0 bridgehead atoms. The molecule has 0 radical (unpaired) electrons. The van der Waals surface area contributed by atoms with Crippen LogP contribution in [-0.2, 0) is 6.42 Å². The van der Waals surface area contributed by atoms with E-state index < -0.39 is 0 Å². The van der Waals surface area contributed by atoms with Crippen LogP contribution in [0.4, 0.5) is 4.39 Å². The highest BCUT2D eigenvalue weighted by atomic mass is 79.9. The lowest BCUT2D eigenvalue weighted by Crippen LogP contribution is -2.33. The molecule has 21 heavy (non-hydrogen) atoms. The molecule has 0 aromatic heterocycles. The number of halogens is 2. The number of hydrogen-bond acceptors (Lipinski definition) is 1. The maximum atomic E-state index is 14.0. The maximum absolute atomic E-state index is 14.0. The van der Waals surface area contributed by atoms with Crippen LogP contribution in [0.3, 0.4) is 0 Å². The first-order valence-corrected chi connectivity index (χ1v) is 9.00. The number of nitrogens with one attached hydrogen (secondary N) is 1. The van der Waals surface area contributed by atoms with Crippen LogP contribution in [0.25, 0.3) is 0 Å². The minimum atomic E-state index is -0.0577. The molecule has 0 saturated heterocycles. The molecule has 0 aliphatic heterocycles. The summed E-state index contributed by atoms with van der Waals surface area (Å²) in [6.45, 7) is 6.64. The van der Waals surface area contributed by atoms with Crippen LogP contribution < -0.4 is 5.32 Å². The molecule has 0 spiro atoms. The molecule has 1 fully saturated rings. The first-order chi connectivity index (χ1) is 10.1. The van der Waals surface area contributed by atoms with Gasteiger partial charge in [-0.2, -0.15) is 0 Å². The van der Waals surface area contributed by atoms with Crippen molar-refractivity contribution in [3.8, 4) is 0 Å². The normalized spacial score (nSPS) is 22.7. The van der Waals surface area contributed by atoms with Crippen molar-refractivity contribution in [3.05, 3.63) is 34.1 Å². The second-order valence-corrected chi connectivity index (χ2v) is 7.71. The summed E-state index contributed by atoms with van der Waals surface area (Å²) in [7, 11) is 0. The molecular formula is C18H27BrFN. The summed E-state index contributed by atoms with van der Waals surface area (Å²) in [6.07, 6.45) is 6.01. The summed E-state index contributed by atoms with van der Waals surface area (Å²) in [6, 6.07) is 5.30. The Morgan fingerprint density at radius 2 is 1.95 bits per heavy atom. The van der Waals surface area contributed by atoms with E-state index in [1.165, 1.54) is 25.7 Å². The summed E-state index contributed by atoms with van der Waals surface area (Å²) in [5, 5.41) is 3.59. The monoisotopic (exact) mass is 355 g/mol. The van der Waals surface area contributed by atoms with Crippen LogP contribution in [0.1, 0.15) is 45.1 Å². The zero-order valence-corrected chi connectivity index (χ0v) is 14.8. The lowest BCUT2D eigenvalue weighted by molar-refractivity contribution is 0.225. The molecule has 118 valence electrons. The number of hydrogen-bond donors (Lipinski definition) is 1. The van der Waals surface area contributed by atoms with Crippen molar-refractivity contribution in [1.82, 2.24) is 5.32 Å². The van der Waals surface area contributed by atoms with Crippen molar-refractivity contribution in [2.45, 2.75) is 46.0 Å². The summed E-state index contributed by atoms with van der Waals surface area (Å²) in [5.41, 5.74) is 0.866. The van der Waals surface area contributed by atoms with Crippen LogP contribution in [0.5, 0.6) is 0 Å². The van der Waals surface area contributed by atoms with Gasteiger partial charge in [-0.3, -0.25) is 0 Å². The number of benzene rings is 1. The van der Waals surface area contributed by atoms with Crippen LogP contribution in [0.15, 0.2) is 22.7 Å². The van der Waals surface area contributed by atoms with Crippen molar-refractivity contribution < 1.29 is 4.39 Å². The van der Waals surface area contributed by atoms with Crippen LogP contribution in [-0.4, -0.2) is 13.1 Å². The Labute approximate surface area is 136 Å². The summed E-state index contributed by atoms with van der Waals surface area (Å²) in [5.74, 6) is 1.94. The lowest BCUT2D eigenvalue weighted by atomic mass is 9.76. The van der Waals surface area contributed by atoms with Gasteiger partial charge >= 0.3 is 0 Å². The third-order valence-corrected chi connectivity index (χ3v) is 5.01. The fourth-order valence-corrected chi connectivity index (χ4v) is 3.77. The number of rotatable bonds is 6. The van der Waals surface area contributed by atoms with E-state index in [2.05, 4.69) is 35.1 Å². The Hall–Kier alpha value is -0.410. The van der Waals surface area contributed by atoms with Crippen molar-refractivity contribution in [2.75, 3.05) is 13.1 Å². The smallest absolute Gasteiger partial charge is 0.126 e. The van der Waals surface area contributed by atoms with Crippen molar-refractivity contribution in [2.24, 2.45) is 17.8 Å². The van der Waals surface area contributed by atoms with Crippen molar-refractivity contribution in [1.29, 1.82) is 0 Å². The van der Waals surface area contributed by atoms with Gasteiger partial charge in [-0.15, -0.1) is 0 Å². The highest BCUT2D eigenvalue weighted by molar-refractivity contribution is 9.10. The zero-order chi connectivity index (χ0) is 15.2. The van der Waals surface area contributed by atoms with E-state index in [1.807, 2.05) is 6.07 Å². The summed E-state index contributed by atoms with van der Waals surface area (Å²) in [4.78, 5) is 0. The highest BCUT2D eigenvalue weighted by Gasteiger charge is 2.25. The first-order valence-electron chi connectivity index (χ1n) is 8.21. The summed E-state index contributed by atoms with van der Waals surface area (Å²) >= 11 is 3.46. The van der Waals surface area contributed by atoms with E-state index in [0.717, 1.165) is 29.5 Å². The molecule has 1 aliphatic carbocycles. The van der Waals surface area contributed by atoms with Gasteiger partial charge in [-0.05, 0) is 73.9 Å². The van der Waals surface area contributed by atoms with Gasteiger partial charge in [-0.25, -0.2) is 4.39 Å². The van der Waals surface area contributed by atoms with E-state index in [0.29, 0.717) is 17.8 Å².